The molecule has 4 heteroatoms. The summed E-state index contributed by atoms with van der Waals surface area (Å²) in [6.45, 7) is 5.81. The van der Waals surface area contributed by atoms with Crippen molar-refractivity contribution in [3.8, 4) is 5.75 Å². The first-order chi connectivity index (χ1) is 10.8. The largest absolute Gasteiger partial charge is 0.497 e. The zero-order valence-electron chi connectivity index (χ0n) is 13.5. The summed E-state index contributed by atoms with van der Waals surface area (Å²) in [6, 6.07) is 8.51. The van der Waals surface area contributed by atoms with E-state index >= 15 is 0 Å². The molecule has 4 nitrogen and oxygen atoms in total. The van der Waals surface area contributed by atoms with Crippen LogP contribution >= 0.6 is 0 Å². The normalized spacial score (nSPS) is 25.7. The van der Waals surface area contributed by atoms with E-state index in [4.69, 9.17) is 14.2 Å². The van der Waals surface area contributed by atoms with Gasteiger partial charge in [0.05, 0.1) is 26.4 Å². The van der Waals surface area contributed by atoms with Gasteiger partial charge in [-0.05, 0) is 49.4 Å². The molecule has 0 aromatic heterocycles. The fourth-order valence-corrected chi connectivity index (χ4v) is 3.37. The van der Waals surface area contributed by atoms with Crippen LogP contribution in [0.5, 0.6) is 5.75 Å². The Morgan fingerprint density at radius 2 is 2.09 bits per heavy atom. The molecule has 0 aliphatic carbocycles. The first-order valence-corrected chi connectivity index (χ1v) is 8.41. The van der Waals surface area contributed by atoms with E-state index in [1.54, 1.807) is 7.11 Å². The van der Waals surface area contributed by atoms with Gasteiger partial charge in [-0.1, -0.05) is 12.1 Å². The van der Waals surface area contributed by atoms with Crippen molar-refractivity contribution in [2.24, 2.45) is 0 Å². The first-order valence-electron chi connectivity index (χ1n) is 8.41. The van der Waals surface area contributed by atoms with Gasteiger partial charge in [-0.15, -0.1) is 0 Å². The molecular formula is C18H27NO3. The number of ether oxygens (including phenoxy) is 3. The highest BCUT2D eigenvalue weighted by Gasteiger charge is 2.23. The van der Waals surface area contributed by atoms with Gasteiger partial charge in [0.2, 0.25) is 0 Å². The van der Waals surface area contributed by atoms with E-state index < -0.39 is 0 Å². The fourth-order valence-electron chi connectivity index (χ4n) is 3.37. The predicted molar refractivity (Wildman–Crippen MR) is 86.6 cm³/mol. The number of hydrogen-bond donors (Lipinski definition) is 0. The quantitative estimate of drug-likeness (QED) is 0.725. The lowest BCUT2D eigenvalue weighted by atomic mass is 9.98. The Morgan fingerprint density at radius 1 is 1.23 bits per heavy atom. The van der Waals surface area contributed by atoms with Gasteiger partial charge in [0.1, 0.15) is 5.75 Å². The average molecular weight is 305 g/mol. The van der Waals surface area contributed by atoms with Crippen LogP contribution in [0.3, 0.4) is 0 Å². The van der Waals surface area contributed by atoms with E-state index in [0.29, 0.717) is 12.0 Å². The summed E-state index contributed by atoms with van der Waals surface area (Å²) >= 11 is 0. The summed E-state index contributed by atoms with van der Waals surface area (Å²) in [6.07, 6.45) is 3.91. The molecule has 2 aliphatic heterocycles. The van der Waals surface area contributed by atoms with Gasteiger partial charge in [-0.25, -0.2) is 0 Å². The molecule has 0 radical (unpaired) electrons. The SMILES string of the molecule is COc1ccc(C2CCN(CCOCC3CCCO3)C2)cc1. The maximum Gasteiger partial charge on any atom is 0.118 e. The number of methoxy groups -OCH3 is 1. The van der Waals surface area contributed by atoms with Crippen molar-refractivity contribution in [3.05, 3.63) is 29.8 Å². The van der Waals surface area contributed by atoms with Gasteiger partial charge in [-0.2, -0.15) is 0 Å². The molecule has 0 amide bonds. The molecule has 2 saturated heterocycles. The Balaban J connectivity index is 1.36. The maximum atomic E-state index is 5.77. The Kier molecular flexibility index (Phi) is 5.70. The van der Waals surface area contributed by atoms with Gasteiger partial charge >= 0.3 is 0 Å². The summed E-state index contributed by atoms with van der Waals surface area (Å²) in [4.78, 5) is 2.50. The summed E-state index contributed by atoms with van der Waals surface area (Å²) < 4.78 is 16.6. The second-order valence-electron chi connectivity index (χ2n) is 6.27. The molecule has 2 aliphatic rings. The van der Waals surface area contributed by atoms with Crippen molar-refractivity contribution < 1.29 is 14.2 Å². The van der Waals surface area contributed by atoms with Gasteiger partial charge in [0, 0.05) is 19.7 Å². The molecule has 3 rings (SSSR count). The second-order valence-corrected chi connectivity index (χ2v) is 6.27. The average Bonchev–Trinajstić information content (AvgIpc) is 3.23. The fraction of sp³-hybridized carbons (Fsp3) is 0.667. The summed E-state index contributed by atoms with van der Waals surface area (Å²) in [7, 11) is 1.71. The minimum atomic E-state index is 0.339. The highest BCUT2D eigenvalue weighted by molar-refractivity contribution is 5.30. The standard InChI is InChI=1S/C18H27NO3/c1-20-17-6-4-15(5-7-17)16-8-9-19(13-16)10-12-21-14-18-3-2-11-22-18/h4-7,16,18H,2-3,8-14H2,1H3. The molecule has 0 bridgehead atoms. The highest BCUT2D eigenvalue weighted by Crippen LogP contribution is 2.28. The molecule has 22 heavy (non-hydrogen) atoms. The van der Waals surface area contributed by atoms with Crippen LogP contribution in [0.25, 0.3) is 0 Å². The van der Waals surface area contributed by atoms with Crippen LogP contribution < -0.4 is 4.74 Å². The molecule has 1 aromatic rings. The zero-order valence-corrected chi connectivity index (χ0v) is 13.5. The van der Waals surface area contributed by atoms with Crippen LogP contribution in [0.4, 0.5) is 0 Å². The molecule has 122 valence electrons. The van der Waals surface area contributed by atoms with Gasteiger partial charge < -0.3 is 19.1 Å². The van der Waals surface area contributed by atoms with Crippen LogP contribution in [0.2, 0.25) is 0 Å². The second kappa shape index (κ2) is 7.95. The summed E-state index contributed by atoms with van der Waals surface area (Å²) in [5.41, 5.74) is 1.42. The Hall–Kier alpha value is -1.10. The van der Waals surface area contributed by atoms with Gasteiger partial charge in [0.25, 0.3) is 0 Å². The van der Waals surface area contributed by atoms with Crippen molar-refractivity contribution in [2.45, 2.75) is 31.3 Å². The van der Waals surface area contributed by atoms with Crippen molar-refractivity contribution in [2.75, 3.05) is 46.6 Å². The van der Waals surface area contributed by atoms with Crippen LogP contribution in [0, 0.1) is 0 Å². The molecule has 1 aromatic carbocycles. The third kappa shape index (κ3) is 4.22. The number of nitrogens with zero attached hydrogens (tertiary/aromatic N) is 1. The van der Waals surface area contributed by atoms with Crippen LogP contribution in [0.1, 0.15) is 30.7 Å². The van der Waals surface area contributed by atoms with Crippen LogP contribution in [-0.2, 0) is 9.47 Å². The van der Waals surface area contributed by atoms with Crippen molar-refractivity contribution in [3.63, 3.8) is 0 Å². The van der Waals surface area contributed by atoms with E-state index in [0.717, 1.165) is 45.1 Å². The van der Waals surface area contributed by atoms with Gasteiger partial charge in [-0.3, -0.25) is 0 Å². The molecule has 2 heterocycles. The monoisotopic (exact) mass is 305 g/mol. The third-order valence-electron chi connectivity index (χ3n) is 4.74. The predicted octanol–water partition coefficient (Wildman–Crippen LogP) is 2.68. The van der Waals surface area contributed by atoms with Gasteiger partial charge in [0.15, 0.2) is 0 Å². The molecule has 2 fully saturated rings. The first kappa shape index (κ1) is 15.8. The van der Waals surface area contributed by atoms with Crippen molar-refractivity contribution in [1.29, 1.82) is 0 Å². The molecular weight excluding hydrogens is 278 g/mol. The number of likely N-dealkylation sites (tertiary alicyclic amines) is 1. The molecule has 0 saturated carbocycles. The minimum Gasteiger partial charge on any atom is -0.497 e. The van der Waals surface area contributed by atoms with E-state index in [1.165, 1.54) is 24.9 Å². The summed E-state index contributed by atoms with van der Waals surface area (Å²) in [5, 5.41) is 0. The van der Waals surface area contributed by atoms with Crippen LogP contribution in [-0.4, -0.2) is 57.6 Å². The topological polar surface area (TPSA) is 30.9 Å². The maximum absolute atomic E-state index is 5.77. The van der Waals surface area contributed by atoms with Crippen molar-refractivity contribution in [1.82, 2.24) is 4.90 Å². The van der Waals surface area contributed by atoms with Crippen molar-refractivity contribution >= 4 is 0 Å². The minimum absolute atomic E-state index is 0.339. The summed E-state index contributed by atoms with van der Waals surface area (Å²) in [5.74, 6) is 1.57. The Morgan fingerprint density at radius 3 is 2.82 bits per heavy atom. The van der Waals surface area contributed by atoms with Crippen LogP contribution in [0.15, 0.2) is 24.3 Å². The Labute approximate surface area is 133 Å². The Bertz CT molecular complexity index is 442. The molecule has 0 spiro atoms. The van der Waals surface area contributed by atoms with E-state index in [9.17, 15) is 0 Å². The van der Waals surface area contributed by atoms with E-state index in [-0.39, 0.29) is 0 Å². The molecule has 2 unspecified atom stereocenters. The molecule has 0 N–H and O–H groups in total. The lowest BCUT2D eigenvalue weighted by Gasteiger charge is -2.17. The number of benzene rings is 1. The highest BCUT2D eigenvalue weighted by atomic mass is 16.5. The number of hydrogen-bond acceptors (Lipinski definition) is 4. The number of rotatable bonds is 7. The lowest BCUT2D eigenvalue weighted by Crippen LogP contribution is -2.26. The third-order valence-corrected chi connectivity index (χ3v) is 4.74. The molecule has 2 atom stereocenters. The smallest absolute Gasteiger partial charge is 0.118 e. The van der Waals surface area contributed by atoms with E-state index in [1.807, 2.05) is 0 Å². The lowest BCUT2D eigenvalue weighted by molar-refractivity contribution is 0.0119. The zero-order chi connectivity index (χ0) is 15.2. The van der Waals surface area contributed by atoms with E-state index in [2.05, 4.69) is 29.2 Å².